The summed E-state index contributed by atoms with van der Waals surface area (Å²) in [7, 11) is 0. The minimum absolute atomic E-state index is 0.105. The lowest BCUT2D eigenvalue weighted by molar-refractivity contribution is 0.735. The Balaban J connectivity index is 0.000000190. The SMILES string of the molecule is C=C(C)C(CC)c1ccccc1.CCn1ccc2c(C)cccc2c1=O. The smallest absolute Gasteiger partial charge is 0.258 e. The fourth-order valence-electron chi connectivity index (χ4n) is 3.28. The normalized spacial score (nSPS) is 11.5. The lowest BCUT2D eigenvalue weighted by Crippen LogP contribution is -2.18. The van der Waals surface area contributed by atoms with E-state index in [1.165, 1.54) is 11.1 Å². The molecule has 0 aliphatic rings. The highest BCUT2D eigenvalue weighted by molar-refractivity contribution is 5.84. The van der Waals surface area contributed by atoms with Crippen LogP contribution in [0.4, 0.5) is 0 Å². The van der Waals surface area contributed by atoms with Crippen molar-refractivity contribution in [1.29, 1.82) is 0 Å². The van der Waals surface area contributed by atoms with Crippen molar-refractivity contribution in [3.63, 3.8) is 0 Å². The molecule has 1 unspecified atom stereocenters. The molecule has 2 heteroatoms. The summed E-state index contributed by atoms with van der Waals surface area (Å²) in [6.45, 7) is 13.0. The number of aromatic nitrogens is 1. The molecule has 3 aromatic rings. The van der Waals surface area contributed by atoms with Gasteiger partial charge in [-0.1, -0.05) is 61.5 Å². The summed E-state index contributed by atoms with van der Waals surface area (Å²) in [6.07, 6.45) is 3.00. The van der Waals surface area contributed by atoms with E-state index >= 15 is 0 Å². The highest BCUT2D eigenvalue weighted by Gasteiger charge is 2.08. The van der Waals surface area contributed by atoms with E-state index in [2.05, 4.69) is 50.8 Å². The Bertz CT molecular complexity index is 922. The Kier molecular flexibility index (Phi) is 6.97. The molecule has 0 amide bonds. The van der Waals surface area contributed by atoms with Crippen molar-refractivity contribution in [3.05, 3.63) is 94.4 Å². The van der Waals surface area contributed by atoms with Crippen molar-refractivity contribution in [1.82, 2.24) is 4.57 Å². The van der Waals surface area contributed by atoms with Gasteiger partial charge >= 0.3 is 0 Å². The highest BCUT2D eigenvalue weighted by Crippen LogP contribution is 2.25. The Morgan fingerprint density at radius 2 is 1.69 bits per heavy atom. The number of nitrogens with zero attached hydrogens (tertiary/aromatic N) is 1. The first-order chi connectivity index (χ1) is 12.5. The lowest BCUT2D eigenvalue weighted by Gasteiger charge is -2.14. The molecular formula is C24H29NO. The first-order valence-electron chi connectivity index (χ1n) is 9.28. The maximum atomic E-state index is 11.9. The zero-order valence-electron chi connectivity index (χ0n) is 16.3. The molecule has 136 valence electrons. The van der Waals surface area contributed by atoms with Gasteiger partial charge in [-0.2, -0.15) is 0 Å². The van der Waals surface area contributed by atoms with Crippen LogP contribution in [-0.2, 0) is 6.54 Å². The summed E-state index contributed by atoms with van der Waals surface area (Å²) in [4.78, 5) is 11.9. The van der Waals surface area contributed by atoms with Gasteiger partial charge in [0.2, 0.25) is 0 Å². The van der Waals surface area contributed by atoms with Gasteiger partial charge in [-0.3, -0.25) is 4.79 Å². The van der Waals surface area contributed by atoms with E-state index in [0.29, 0.717) is 5.92 Å². The molecule has 1 aromatic heterocycles. The Morgan fingerprint density at radius 3 is 2.27 bits per heavy atom. The number of rotatable bonds is 4. The van der Waals surface area contributed by atoms with Crippen LogP contribution in [0.25, 0.3) is 10.8 Å². The average Bonchev–Trinajstić information content (AvgIpc) is 2.64. The molecule has 0 radical (unpaired) electrons. The van der Waals surface area contributed by atoms with Crippen molar-refractivity contribution >= 4 is 10.8 Å². The molecule has 26 heavy (non-hydrogen) atoms. The molecule has 0 aliphatic carbocycles. The topological polar surface area (TPSA) is 22.0 Å². The first-order valence-corrected chi connectivity index (χ1v) is 9.28. The van der Waals surface area contributed by atoms with Gasteiger partial charge in [-0.05, 0) is 55.8 Å². The molecule has 0 spiro atoms. The van der Waals surface area contributed by atoms with Crippen LogP contribution in [0.1, 0.15) is 44.2 Å². The molecule has 2 aromatic carbocycles. The fourth-order valence-corrected chi connectivity index (χ4v) is 3.28. The van der Waals surface area contributed by atoms with Crippen LogP contribution in [0.2, 0.25) is 0 Å². The maximum Gasteiger partial charge on any atom is 0.258 e. The van der Waals surface area contributed by atoms with E-state index in [4.69, 9.17) is 0 Å². The quantitative estimate of drug-likeness (QED) is 0.524. The van der Waals surface area contributed by atoms with E-state index in [1.54, 1.807) is 4.57 Å². The molecule has 0 bridgehead atoms. The van der Waals surface area contributed by atoms with Crippen LogP contribution in [0.5, 0.6) is 0 Å². The number of aryl methyl sites for hydroxylation is 2. The minimum atomic E-state index is 0.105. The second-order valence-corrected chi connectivity index (χ2v) is 6.66. The second kappa shape index (κ2) is 9.19. The third-order valence-corrected chi connectivity index (χ3v) is 4.78. The van der Waals surface area contributed by atoms with Gasteiger partial charge in [0.15, 0.2) is 0 Å². The number of hydrogen-bond acceptors (Lipinski definition) is 1. The molecule has 3 rings (SSSR count). The van der Waals surface area contributed by atoms with Gasteiger partial charge in [0.25, 0.3) is 5.56 Å². The minimum Gasteiger partial charge on any atom is -0.315 e. The second-order valence-electron chi connectivity index (χ2n) is 6.66. The number of hydrogen-bond donors (Lipinski definition) is 0. The van der Waals surface area contributed by atoms with Gasteiger partial charge in [-0.15, -0.1) is 0 Å². The molecular weight excluding hydrogens is 318 g/mol. The first kappa shape index (κ1) is 19.7. The number of pyridine rings is 1. The summed E-state index contributed by atoms with van der Waals surface area (Å²) < 4.78 is 1.72. The van der Waals surface area contributed by atoms with Crippen molar-refractivity contribution in [2.75, 3.05) is 0 Å². The van der Waals surface area contributed by atoms with E-state index in [0.717, 1.165) is 29.3 Å². The van der Waals surface area contributed by atoms with Crippen LogP contribution in [0.3, 0.4) is 0 Å². The van der Waals surface area contributed by atoms with Crippen LogP contribution < -0.4 is 5.56 Å². The van der Waals surface area contributed by atoms with Crippen LogP contribution >= 0.6 is 0 Å². The molecule has 1 heterocycles. The fraction of sp³-hybridized carbons (Fsp3) is 0.292. The third kappa shape index (κ3) is 4.51. The summed E-state index contributed by atoms with van der Waals surface area (Å²) in [6, 6.07) is 18.4. The predicted octanol–water partition coefficient (Wildman–Crippen LogP) is 6.09. The third-order valence-electron chi connectivity index (χ3n) is 4.78. The van der Waals surface area contributed by atoms with Crippen molar-refractivity contribution in [2.24, 2.45) is 0 Å². The molecule has 0 saturated heterocycles. The van der Waals surface area contributed by atoms with Crippen molar-refractivity contribution in [2.45, 2.75) is 46.6 Å². The molecule has 0 N–H and O–H groups in total. The number of fused-ring (bicyclic) bond motifs is 1. The summed E-state index contributed by atoms with van der Waals surface area (Å²) >= 11 is 0. The summed E-state index contributed by atoms with van der Waals surface area (Å²) in [5, 5.41) is 1.87. The molecule has 2 nitrogen and oxygen atoms in total. The number of allylic oxidation sites excluding steroid dienone is 1. The largest absolute Gasteiger partial charge is 0.315 e. The maximum absolute atomic E-state index is 11.9. The zero-order valence-corrected chi connectivity index (χ0v) is 16.3. The van der Waals surface area contributed by atoms with Gasteiger partial charge in [0, 0.05) is 24.0 Å². The molecule has 0 saturated carbocycles. The average molecular weight is 348 g/mol. The van der Waals surface area contributed by atoms with Gasteiger partial charge in [0.1, 0.15) is 0 Å². The van der Waals surface area contributed by atoms with Gasteiger partial charge < -0.3 is 4.57 Å². The highest BCUT2D eigenvalue weighted by atomic mass is 16.1. The standard InChI is InChI=1S/C12H13NO.C12H16/c1-3-13-8-7-10-9(2)5-4-6-11(10)12(13)14;1-4-12(10(2)3)11-8-6-5-7-9-11/h4-8H,3H2,1-2H3;5-9,12H,2,4H2,1,3H3. The summed E-state index contributed by atoms with van der Waals surface area (Å²) in [5.74, 6) is 0.534. The van der Waals surface area contributed by atoms with E-state index in [9.17, 15) is 4.79 Å². The summed E-state index contributed by atoms with van der Waals surface area (Å²) in [5.41, 5.74) is 3.90. The predicted molar refractivity (Wildman–Crippen MR) is 113 cm³/mol. The Morgan fingerprint density at radius 1 is 1.00 bits per heavy atom. The van der Waals surface area contributed by atoms with E-state index in [-0.39, 0.29) is 5.56 Å². The van der Waals surface area contributed by atoms with Crippen LogP contribution in [-0.4, -0.2) is 4.57 Å². The monoisotopic (exact) mass is 347 g/mol. The van der Waals surface area contributed by atoms with Gasteiger partial charge in [0.05, 0.1) is 0 Å². The van der Waals surface area contributed by atoms with Gasteiger partial charge in [-0.25, -0.2) is 0 Å². The Hall–Kier alpha value is -2.61. The molecule has 0 fully saturated rings. The van der Waals surface area contributed by atoms with Crippen LogP contribution in [0, 0.1) is 6.92 Å². The van der Waals surface area contributed by atoms with Crippen molar-refractivity contribution in [3.8, 4) is 0 Å². The zero-order chi connectivity index (χ0) is 19.1. The Labute approximate surface area is 156 Å². The molecule has 0 aliphatic heterocycles. The van der Waals surface area contributed by atoms with Crippen LogP contribution in [0.15, 0.2) is 77.7 Å². The van der Waals surface area contributed by atoms with E-state index < -0.39 is 0 Å². The van der Waals surface area contributed by atoms with E-state index in [1.807, 2.05) is 44.3 Å². The molecule has 1 atom stereocenters. The van der Waals surface area contributed by atoms with Crippen molar-refractivity contribution < 1.29 is 0 Å². The number of benzene rings is 2. The lowest BCUT2D eigenvalue weighted by atomic mass is 9.91.